The van der Waals surface area contributed by atoms with Crippen LogP contribution in [-0.2, 0) is 9.59 Å². The summed E-state index contributed by atoms with van der Waals surface area (Å²) in [6.45, 7) is 2.11. The van der Waals surface area contributed by atoms with E-state index in [9.17, 15) is 14.7 Å². The van der Waals surface area contributed by atoms with Gasteiger partial charge < -0.3 is 24.4 Å². The molecule has 0 bridgehead atoms. The number of aliphatic hydroxyl groups is 1. The van der Waals surface area contributed by atoms with Gasteiger partial charge in [-0.2, -0.15) is 0 Å². The molecule has 162 valence electrons. The van der Waals surface area contributed by atoms with Crippen LogP contribution < -0.4 is 14.4 Å². The van der Waals surface area contributed by atoms with E-state index in [2.05, 4.69) is 4.98 Å². The molecule has 0 spiro atoms. The number of amides is 1. The molecule has 2 aliphatic rings. The Morgan fingerprint density at radius 2 is 1.94 bits per heavy atom. The van der Waals surface area contributed by atoms with E-state index >= 15 is 0 Å². The lowest BCUT2D eigenvalue weighted by Crippen LogP contribution is -3.05. The highest BCUT2D eigenvalue weighted by atomic mass is 16.6. The molecule has 0 radical (unpaired) electrons. The van der Waals surface area contributed by atoms with Crippen LogP contribution in [-0.4, -0.2) is 67.1 Å². The number of Topliss-reactive ketones (excluding diaryl/α,β-unsaturated/α-hetero) is 1. The van der Waals surface area contributed by atoms with Crippen LogP contribution in [0.25, 0.3) is 5.76 Å². The summed E-state index contributed by atoms with van der Waals surface area (Å²) in [5.74, 6) is -0.501. The van der Waals surface area contributed by atoms with Crippen molar-refractivity contribution in [3.8, 4) is 11.5 Å². The maximum absolute atomic E-state index is 13.0. The van der Waals surface area contributed by atoms with Crippen molar-refractivity contribution in [1.82, 2.24) is 9.88 Å². The van der Waals surface area contributed by atoms with E-state index < -0.39 is 17.7 Å². The monoisotopic (exact) mass is 424 g/mol. The fourth-order valence-corrected chi connectivity index (χ4v) is 3.90. The van der Waals surface area contributed by atoms with Crippen molar-refractivity contribution in [3.05, 3.63) is 59.4 Å². The van der Waals surface area contributed by atoms with Gasteiger partial charge in [-0.15, -0.1) is 0 Å². The summed E-state index contributed by atoms with van der Waals surface area (Å²) in [7, 11) is 4.07. The molecule has 1 fully saturated rings. The van der Waals surface area contributed by atoms with Crippen LogP contribution in [0.4, 0.5) is 0 Å². The zero-order chi connectivity index (χ0) is 22.0. The summed E-state index contributed by atoms with van der Waals surface area (Å²) in [5, 5.41) is 11.1. The van der Waals surface area contributed by atoms with Crippen LogP contribution in [0, 0.1) is 0 Å². The maximum Gasteiger partial charge on any atom is 0.295 e. The topological polar surface area (TPSA) is 93.4 Å². The summed E-state index contributed by atoms with van der Waals surface area (Å²) >= 11 is 0. The summed E-state index contributed by atoms with van der Waals surface area (Å²) in [5.41, 5.74) is 0.969. The number of aliphatic hydroxyl groups excluding tert-OH is 1. The molecule has 0 unspecified atom stereocenters. The molecule has 0 aliphatic carbocycles. The fourth-order valence-electron chi connectivity index (χ4n) is 3.90. The number of hydrogen-bond acceptors (Lipinski definition) is 6. The molecule has 2 aromatic rings. The van der Waals surface area contributed by atoms with Crippen LogP contribution in [0.3, 0.4) is 0 Å². The van der Waals surface area contributed by atoms with Gasteiger partial charge in [0.25, 0.3) is 11.7 Å². The molecule has 4 rings (SSSR count). The highest BCUT2D eigenvalue weighted by molar-refractivity contribution is 6.46. The second-order valence-corrected chi connectivity index (χ2v) is 7.92. The molecule has 1 aromatic heterocycles. The minimum Gasteiger partial charge on any atom is -0.507 e. The number of likely N-dealkylation sites (tertiary alicyclic amines) is 1. The summed E-state index contributed by atoms with van der Waals surface area (Å²) in [6.07, 6.45) is 2.34. The molecule has 8 heteroatoms. The first-order valence-electron chi connectivity index (χ1n) is 10.4. The number of rotatable bonds is 6. The number of ketones is 1. The van der Waals surface area contributed by atoms with Gasteiger partial charge in [-0.05, 0) is 30.3 Å². The van der Waals surface area contributed by atoms with Gasteiger partial charge in [0.05, 0.1) is 31.9 Å². The number of quaternary nitrogens is 1. The average Bonchev–Trinajstić information content (AvgIpc) is 3.03. The Balaban J connectivity index is 1.76. The Bertz CT molecular complexity index is 1020. The number of aromatic nitrogens is 1. The summed E-state index contributed by atoms with van der Waals surface area (Å²) in [6, 6.07) is 9.56. The minimum atomic E-state index is -0.744. The lowest BCUT2D eigenvalue weighted by Gasteiger charge is -2.24. The molecule has 1 amide bonds. The number of ether oxygens (including phenoxy) is 2. The van der Waals surface area contributed by atoms with Crippen molar-refractivity contribution >= 4 is 17.4 Å². The van der Waals surface area contributed by atoms with E-state index in [1.807, 2.05) is 14.1 Å². The zero-order valence-electron chi connectivity index (χ0n) is 17.6. The fraction of sp³-hybridized carbons (Fsp3) is 0.348. The van der Waals surface area contributed by atoms with Crippen molar-refractivity contribution in [2.75, 3.05) is 40.4 Å². The molecule has 8 nitrogen and oxygen atoms in total. The first-order chi connectivity index (χ1) is 15.0. The van der Waals surface area contributed by atoms with Gasteiger partial charge in [0.15, 0.2) is 11.5 Å². The largest absolute Gasteiger partial charge is 0.507 e. The third-order valence-corrected chi connectivity index (χ3v) is 5.40. The lowest BCUT2D eigenvalue weighted by molar-refractivity contribution is -0.858. The van der Waals surface area contributed by atoms with Gasteiger partial charge in [-0.3, -0.25) is 14.6 Å². The molecule has 3 heterocycles. The van der Waals surface area contributed by atoms with Crippen molar-refractivity contribution < 1.29 is 29.1 Å². The van der Waals surface area contributed by atoms with Crippen LogP contribution in [0.1, 0.15) is 23.7 Å². The summed E-state index contributed by atoms with van der Waals surface area (Å²) in [4.78, 5) is 33.0. The SMILES string of the molecule is C[NH+](C)CCCN1C(=O)C(=O)/C(=C(\O)c2ccc3c(c2)OCCO3)[C@@H]1c1ccccn1. The number of nitrogens with zero attached hydrogens (tertiary/aromatic N) is 2. The number of pyridine rings is 1. The molecule has 2 N–H and O–H groups in total. The van der Waals surface area contributed by atoms with Gasteiger partial charge in [0, 0.05) is 24.7 Å². The Morgan fingerprint density at radius 1 is 1.16 bits per heavy atom. The van der Waals surface area contributed by atoms with Gasteiger partial charge in [0.2, 0.25) is 0 Å². The van der Waals surface area contributed by atoms with Crippen LogP contribution in [0.15, 0.2) is 48.2 Å². The Labute approximate surface area is 180 Å². The highest BCUT2D eigenvalue weighted by Crippen LogP contribution is 2.40. The van der Waals surface area contributed by atoms with E-state index in [1.165, 1.54) is 9.80 Å². The third kappa shape index (κ3) is 4.11. The first-order valence-corrected chi connectivity index (χ1v) is 10.4. The quantitative estimate of drug-likeness (QED) is 0.405. The molecule has 1 atom stereocenters. The number of carbonyl (C=O) groups is 2. The van der Waals surface area contributed by atoms with Crippen molar-refractivity contribution in [2.24, 2.45) is 0 Å². The number of hydrogen-bond donors (Lipinski definition) is 2. The summed E-state index contributed by atoms with van der Waals surface area (Å²) < 4.78 is 11.1. The van der Waals surface area contributed by atoms with Gasteiger partial charge >= 0.3 is 0 Å². The molecule has 31 heavy (non-hydrogen) atoms. The van der Waals surface area contributed by atoms with E-state index in [-0.39, 0.29) is 11.3 Å². The second-order valence-electron chi connectivity index (χ2n) is 7.92. The van der Waals surface area contributed by atoms with Gasteiger partial charge in [0.1, 0.15) is 25.0 Å². The van der Waals surface area contributed by atoms with E-state index in [4.69, 9.17) is 9.47 Å². The predicted molar refractivity (Wildman–Crippen MR) is 113 cm³/mol. The maximum atomic E-state index is 13.0. The smallest absolute Gasteiger partial charge is 0.295 e. The number of carbonyl (C=O) groups excluding carboxylic acids is 2. The normalized spacial score (nSPS) is 19.8. The highest BCUT2D eigenvalue weighted by Gasteiger charge is 2.46. The van der Waals surface area contributed by atoms with Crippen LogP contribution in [0.2, 0.25) is 0 Å². The van der Waals surface area contributed by atoms with Crippen LogP contribution in [0.5, 0.6) is 11.5 Å². The Morgan fingerprint density at radius 3 is 2.65 bits per heavy atom. The van der Waals surface area contributed by atoms with Crippen molar-refractivity contribution in [1.29, 1.82) is 0 Å². The lowest BCUT2D eigenvalue weighted by atomic mass is 9.98. The van der Waals surface area contributed by atoms with Gasteiger partial charge in [-0.25, -0.2) is 0 Å². The van der Waals surface area contributed by atoms with E-state index in [0.29, 0.717) is 42.5 Å². The standard InChI is InChI=1S/C23H25N3O5/c1-25(2)10-5-11-26-20(16-6-3-4-9-24-16)19(22(28)23(26)29)21(27)15-7-8-17-18(14-15)31-13-12-30-17/h3-4,6-9,14,20,27H,5,10-13H2,1-2H3/p+1/b21-19-/t20-/m0/s1. The Kier molecular flexibility index (Phi) is 5.90. The van der Waals surface area contributed by atoms with Crippen molar-refractivity contribution in [2.45, 2.75) is 12.5 Å². The second kappa shape index (κ2) is 8.77. The molecular weight excluding hydrogens is 398 g/mol. The number of nitrogens with one attached hydrogen (secondary N) is 1. The molecular formula is C23H26N3O5+. The average molecular weight is 424 g/mol. The minimum absolute atomic E-state index is 0.0394. The van der Waals surface area contributed by atoms with E-state index in [0.717, 1.165) is 13.0 Å². The van der Waals surface area contributed by atoms with Crippen LogP contribution >= 0.6 is 0 Å². The van der Waals surface area contributed by atoms with Gasteiger partial charge in [-0.1, -0.05) is 6.07 Å². The number of fused-ring (bicyclic) bond motifs is 1. The molecule has 1 saturated heterocycles. The van der Waals surface area contributed by atoms with Crippen molar-refractivity contribution in [3.63, 3.8) is 0 Å². The van der Waals surface area contributed by atoms with E-state index in [1.54, 1.807) is 42.6 Å². The molecule has 2 aliphatic heterocycles. The molecule has 0 saturated carbocycles. The molecule has 1 aromatic carbocycles. The third-order valence-electron chi connectivity index (χ3n) is 5.40. The Hall–Kier alpha value is -3.39. The first kappa shape index (κ1) is 20.9. The number of benzene rings is 1. The predicted octanol–water partition coefficient (Wildman–Crippen LogP) is 0.809. The zero-order valence-corrected chi connectivity index (χ0v) is 17.6.